The van der Waals surface area contributed by atoms with Crippen LogP contribution in [0.15, 0.2) is 42.5 Å². The van der Waals surface area contributed by atoms with Crippen LogP contribution in [0.1, 0.15) is 6.92 Å². The molecule has 1 N–H and O–H groups in total. The lowest BCUT2D eigenvalue weighted by Gasteiger charge is -2.13. The van der Waals surface area contributed by atoms with Gasteiger partial charge in [0.2, 0.25) is 11.5 Å². The summed E-state index contributed by atoms with van der Waals surface area (Å²) in [6.07, 6.45) is -1.24. The average molecular weight is 338 g/mol. The molecule has 0 aliphatic rings. The Hall–Kier alpha value is -2.80. The van der Waals surface area contributed by atoms with Crippen molar-refractivity contribution in [1.29, 1.82) is 0 Å². The molecule has 0 radical (unpaired) electrons. The molecule has 0 saturated carbocycles. The second kappa shape index (κ2) is 6.97. The molecule has 2 rings (SSSR count). The van der Waals surface area contributed by atoms with Crippen LogP contribution < -0.4 is 9.47 Å². The molecule has 0 bridgehead atoms. The minimum Gasteiger partial charge on any atom is -0.479 e. The molecule has 2 aromatic carbocycles. The SMILES string of the molecule is CC(Oc1cccc(Oc2ccc(Cl)cc2)c1[N+](=O)[O-])C(=O)O. The van der Waals surface area contributed by atoms with E-state index in [1.165, 1.54) is 25.1 Å². The first-order valence-corrected chi connectivity index (χ1v) is 6.86. The summed E-state index contributed by atoms with van der Waals surface area (Å²) in [5.74, 6) is -1.13. The summed E-state index contributed by atoms with van der Waals surface area (Å²) in [6, 6.07) is 10.4. The second-order valence-corrected chi connectivity index (χ2v) is 4.95. The van der Waals surface area contributed by atoms with Gasteiger partial charge >= 0.3 is 11.7 Å². The lowest BCUT2D eigenvalue weighted by atomic mass is 10.2. The number of carbonyl (C=O) groups is 1. The molecule has 0 amide bonds. The Balaban J connectivity index is 2.37. The minimum atomic E-state index is -1.24. The monoisotopic (exact) mass is 337 g/mol. The summed E-state index contributed by atoms with van der Waals surface area (Å²) in [5, 5.41) is 20.7. The summed E-state index contributed by atoms with van der Waals surface area (Å²) < 4.78 is 10.6. The predicted octanol–water partition coefficient (Wildman–Crippen LogP) is 3.89. The van der Waals surface area contributed by atoms with Crippen LogP contribution in [-0.4, -0.2) is 22.1 Å². The maximum Gasteiger partial charge on any atom is 0.352 e. The van der Waals surface area contributed by atoms with Gasteiger partial charge in [0.25, 0.3) is 0 Å². The zero-order chi connectivity index (χ0) is 17.0. The molecule has 0 spiro atoms. The average Bonchev–Trinajstić information content (AvgIpc) is 2.49. The van der Waals surface area contributed by atoms with Gasteiger partial charge in [0.1, 0.15) is 5.75 Å². The van der Waals surface area contributed by atoms with Crippen molar-refractivity contribution in [2.75, 3.05) is 0 Å². The van der Waals surface area contributed by atoms with Crippen LogP contribution in [0.2, 0.25) is 5.02 Å². The fourth-order valence-electron chi connectivity index (χ4n) is 1.73. The highest BCUT2D eigenvalue weighted by Gasteiger charge is 2.26. The molecule has 1 atom stereocenters. The Morgan fingerprint density at radius 1 is 1.22 bits per heavy atom. The maximum atomic E-state index is 11.3. The van der Waals surface area contributed by atoms with Crippen molar-refractivity contribution in [3.8, 4) is 17.2 Å². The van der Waals surface area contributed by atoms with Gasteiger partial charge in [-0.3, -0.25) is 10.1 Å². The zero-order valence-electron chi connectivity index (χ0n) is 11.9. The highest BCUT2D eigenvalue weighted by Crippen LogP contribution is 2.39. The van der Waals surface area contributed by atoms with Crippen molar-refractivity contribution < 1.29 is 24.3 Å². The van der Waals surface area contributed by atoms with Gasteiger partial charge in [0.15, 0.2) is 6.10 Å². The molecule has 1 unspecified atom stereocenters. The van der Waals surface area contributed by atoms with Crippen molar-refractivity contribution in [2.24, 2.45) is 0 Å². The quantitative estimate of drug-likeness (QED) is 0.634. The molecular formula is C15H12ClNO6. The highest BCUT2D eigenvalue weighted by atomic mass is 35.5. The topological polar surface area (TPSA) is 98.9 Å². The molecule has 8 heteroatoms. The van der Waals surface area contributed by atoms with Gasteiger partial charge in [0, 0.05) is 5.02 Å². The molecule has 0 aliphatic heterocycles. The first kappa shape index (κ1) is 16.6. The Bertz CT molecular complexity index is 731. The third-order valence-corrected chi connectivity index (χ3v) is 3.09. The van der Waals surface area contributed by atoms with E-state index in [9.17, 15) is 14.9 Å². The van der Waals surface area contributed by atoms with Crippen molar-refractivity contribution in [1.82, 2.24) is 0 Å². The summed E-state index contributed by atoms with van der Waals surface area (Å²) in [4.78, 5) is 21.5. The van der Waals surface area contributed by atoms with Gasteiger partial charge < -0.3 is 14.6 Å². The Labute approximate surface area is 136 Å². The molecular weight excluding hydrogens is 326 g/mol. The molecule has 120 valence electrons. The van der Waals surface area contributed by atoms with Crippen LogP contribution in [0.25, 0.3) is 0 Å². The molecule has 0 aromatic heterocycles. The van der Waals surface area contributed by atoms with Crippen LogP contribution in [0.5, 0.6) is 17.2 Å². The number of nitrogens with zero attached hydrogens (tertiary/aromatic N) is 1. The number of benzene rings is 2. The highest BCUT2D eigenvalue weighted by molar-refractivity contribution is 6.30. The van der Waals surface area contributed by atoms with Crippen molar-refractivity contribution >= 4 is 23.3 Å². The van der Waals surface area contributed by atoms with E-state index in [1.807, 2.05) is 0 Å². The van der Waals surface area contributed by atoms with E-state index < -0.39 is 22.7 Å². The van der Waals surface area contributed by atoms with E-state index in [2.05, 4.69) is 0 Å². The van der Waals surface area contributed by atoms with Crippen molar-refractivity contribution in [2.45, 2.75) is 13.0 Å². The molecule has 23 heavy (non-hydrogen) atoms. The first-order valence-electron chi connectivity index (χ1n) is 6.48. The number of ether oxygens (including phenoxy) is 2. The summed E-state index contributed by atoms with van der Waals surface area (Å²) >= 11 is 5.77. The standard InChI is InChI=1S/C15H12ClNO6/c1-9(15(18)19)22-12-3-2-4-13(14(12)17(20)21)23-11-7-5-10(16)6-8-11/h2-9H,1H3,(H,18,19). The summed E-state index contributed by atoms with van der Waals surface area (Å²) in [7, 11) is 0. The third kappa shape index (κ3) is 4.10. The molecule has 0 fully saturated rings. The van der Waals surface area contributed by atoms with Gasteiger partial charge in [-0.25, -0.2) is 4.79 Å². The molecule has 7 nitrogen and oxygen atoms in total. The number of para-hydroxylation sites is 1. The normalized spacial score (nSPS) is 11.6. The number of carboxylic acids is 1. The van der Waals surface area contributed by atoms with Crippen LogP contribution in [0.3, 0.4) is 0 Å². The maximum absolute atomic E-state index is 11.3. The van der Waals surface area contributed by atoms with Crippen LogP contribution in [0, 0.1) is 10.1 Å². The van der Waals surface area contributed by atoms with Crippen molar-refractivity contribution in [3.63, 3.8) is 0 Å². The van der Waals surface area contributed by atoms with E-state index in [0.29, 0.717) is 10.8 Å². The molecule has 0 heterocycles. The second-order valence-electron chi connectivity index (χ2n) is 4.51. The summed E-state index contributed by atoms with van der Waals surface area (Å²) in [6.45, 7) is 1.28. The number of carboxylic acid groups (broad SMARTS) is 1. The summed E-state index contributed by atoms with van der Waals surface area (Å²) in [5.41, 5.74) is -0.449. The smallest absolute Gasteiger partial charge is 0.352 e. The fourth-order valence-corrected chi connectivity index (χ4v) is 1.86. The van der Waals surface area contributed by atoms with E-state index in [1.54, 1.807) is 24.3 Å². The van der Waals surface area contributed by atoms with Crippen molar-refractivity contribution in [3.05, 3.63) is 57.6 Å². The predicted molar refractivity (Wildman–Crippen MR) is 82.3 cm³/mol. The zero-order valence-corrected chi connectivity index (χ0v) is 12.7. The van der Waals surface area contributed by atoms with Gasteiger partial charge in [-0.05, 0) is 43.3 Å². The number of rotatable bonds is 6. The lowest BCUT2D eigenvalue weighted by Crippen LogP contribution is -2.23. The van der Waals surface area contributed by atoms with Gasteiger partial charge in [-0.1, -0.05) is 17.7 Å². The minimum absolute atomic E-state index is 0.0626. The number of halogens is 1. The van der Waals surface area contributed by atoms with Gasteiger partial charge in [0.05, 0.1) is 4.92 Å². The number of hydrogen-bond donors (Lipinski definition) is 1. The largest absolute Gasteiger partial charge is 0.479 e. The molecule has 2 aromatic rings. The van der Waals surface area contributed by atoms with Crippen LogP contribution >= 0.6 is 11.6 Å². The van der Waals surface area contributed by atoms with Gasteiger partial charge in [-0.2, -0.15) is 0 Å². The van der Waals surface area contributed by atoms with Gasteiger partial charge in [-0.15, -0.1) is 0 Å². The third-order valence-electron chi connectivity index (χ3n) is 2.84. The Morgan fingerprint density at radius 2 is 1.83 bits per heavy atom. The Kier molecular flexibility index (Phi) is 5.02. The lowest BCUT2D eigenvalue weighted by molar-refractivity contribution is -0.386. The Morgan fingerprint density at radius 3 is 2.39 bits per heavy atom. The first-order chi connectivity index (χ1) is 10.9. The number of hydrogen-bond acceptors (Lipinski definition) is 5. The van der Waals surface area contributed by atoms with E-state index in [0.717, 1.165) is 0 Å². The van der Waals surface area contributed by atoms with Crippen LogP contribution in [0.4, 0.5) is 5.69 Å². The molecule has 0 saturated heterocycles. The van der Waals surface area contributed by atoms with Crippen LogP contribution in [-0.2, 0) is 4.79 Å². The van der Waals surface area contributed by atoms with E-state index >= 15 is 0 Å². The number of aliphatic carboxylic acids is 1. The fraction of sp³-hybridized carbons (Fsp3) is 0.133. The number of nitro groups is 1. The van der Waals surface area contributed by atoms with E-state index in [-0.39, 0.29) is 11.5 Å². The molecule has 0 aliphatic carbocycles. The van der Waals surface area contributed by atoms with E-state index in [4.69, 9.17) is 26.2 Å². The number of nitro benzene ring substituents is 1.